The van der Waals surface area contributed by atoms with E-state index in [0.717, 1.165) is 35.1 Å². The molecule has 0 heterocycles. The van der Waals surface area contributed by atoms with Crippen LogP contribution >= 0.6 is 0 Å². The number of benzene rings is 3. The van der Waals surface area contributed by atoms with Crippen LogP contribution in [0.1, 0.15) is 35.1 Å². The zero-order chi connectivity index (χ0) is 22.8. The van der Waals surface area contributed by atoms with Crippen molar-refractivity contribution < 1.29 is 12.6 Å². The topological polar surface area (TPSA) is 43.4 Å². The zero-order valence-electron chi connectivity index (χ0n) is 18.4. The molecular weight excluding hydrogens is 428 g/mol. The van der Waals surface area contributed by atoms with Gasteiger partial charge in [0.1, 0.15) is 0 Å². The van der Waals surface area contributed by atoms with E-state index >= 15 is 0 Å². The van der Waals surface area contributed by atoms with Crippen molar-refractivity contribution in [3.63, 3.8) is 0 Å². The molecule has 0 saturated heterocycles. The molecule has 0 atom stereocenters. The summed E-state index contributed by atoms with van der Waals surface area (Å²) < 4.78 is 30.1. The molecule has 3 aromatic carbocycles. The van der Waals surface area contributed by atoms with Crippen molar-refractivity contribution in [1.29, 1.82) is 0 Å². The zero-order valence-corrected chi connectivity index (χ0v) is 19.2. The Morgan fingerprint density at radius 3 is 1.36 bits per heavy atom. The highest BCUT2D eigenvalue weighted by atomic mass is 32.2. The summed E-state index contributed by atoms with van der Waals surface area (Å²) in [6, 6.07) is 26.1. The summed E-state index contributed by atoms with van der Waals surface area (Å²) in [5.41, 5.74) is 8.80. The molecule has 0 radical (unpaired) electrons. The van der Waals surface area contributed by atoms with Gasteiger partial charge in [-0.15, -0.1) is 0 Å². The van der Waals surface area contributed by atoms with Crippen LogP contribution in [-0.4, -0.2) is 15.5 Å². The van der Waals surface area contributed by atoms with Gasteiger partial charge in [-0.3, -0.25) is 4.18 Å². The van der Waals surface area contributed by atoms with Crippen LogP contribution in [0.4, 0.5) is 0 Å². The maximum atomic E-state index is 12.6. The molecule has 4 heteroatoms. The van der Waals surface area contributed by atoms with Crippen LogP contribution in [-0.2, 0) is 14.3 Å². The van der Waals surface area contributed by atoms with Crippen LogP contribution in [0.25, 0.3) is 22.3 Å². The summed E-state index contributed by atoms with van der Waals surface area (Å²) >= 11 is 0. The van der Waals surface area contributed by atoms with E-state index in [1.54, 1.807) is 12.1 Å². The molecule has 0 aromatic heterocycles. The van der Waals surface area contributed by atoms with Gasteiger partial charge in [-0.2, -0.15) is 8.42 Å². The summed E-state index contributed by atoms with van der Waals surface area (Å²) in [7, 11) is -2.62. The summed E-state index contributed by atoms with van der Waals surface area (Å²) in [6.07, 6.45) is 9.92. The minimum atomic E-state index is -3.82. The molecule has 33 heavy (non-hydrogen) atoms. The third kappa shape index (κ3) is 4.40. The lowest BCUT2D eigenvalue weighted by Crippen LogP contribution is -2.04. The lowest BCUT2D eigenvalue weighted by atomic mass is 9.94. The molecule has 0 saturated carbocycles. The van der Waals surface area contributed by atoms with E-state index in [0.29, 0.717) is 0 Å². The average Bonchev–Trinajstić information content (AvgIpc) is 3.56. The van der Waals surface area contributed by atoms with Gasteiger partial charge in [0.15, 0.2) is 0 Å². The minimum Gasteiger partial charge on any atom is -0.270 e. The van der Waals surface area contributed by atoms with Gasteiger partial charge < -0.3 is 0 Å². The Morgan fingerprint density at radius 1 is 0.576 bits per heavy atom. The van der Waals surface area contributed by atoms with Gasteiger partial charge in [0, 0.05) is 0 Å². The van der Waals surface area contributed by atoms with E-state index < -0.39 is 10.1 Å². The average molecular weight is 453 g/mol. The van der Waals surface area contributed by atoms with Gasteiger partial charge in [0.05, 0.1) is 12.0 Å². The highest BCUT2D eigenvalue weighted by Crippen LogP contribution is 2.39. The van der Waals surface area contributed by atoms with Crippen LogP contribution in [0.15, 0.2) is 108 Å². The molecular formula is C29H24O3S. The van der Waals surface area contributed by atoms with Crippen molar-refractivity contribution in [1.82, 2.24) is 0 Å². The molecule has 0 bridgehead atoms. The van der Waals surface area contributed by atoms with Gasteiger partial charge in [-0.1, -0.05) is 85.0 Å². The first-order chi connectivity index (χ1) is 16.0. The van der Waals surface area contributed by atoms with Crippen LogP contribution in [0, 0.1) is 0 Å². The normalized spacial score (nSPS) is 15.7. The third-order valence-electron chi connectivity index (χ3n) is 6.18. The Morgan fingerprint density at radius 2 is 0.970 bits per heavy atom. The van der Waals surface area contributed by atoms with Gasteiger partial charge in [0.2, 0.25) is 0 Å². The first-order valence-electron chi connectivity index (χ1n) is 10.9. The monoisotopic (exact) mass is 452 g/mol. The minimum absolute atomic E-state index is 0.181. The standard InChI is InChI=1S/C29H24O3S/c1-32-33(30,31)29-19-27(25-14-12-23(16-25)21-8-4-2-5-9-21)18-28(20-29)26-15-13-24(17-26)22-10-6-3-7-11-22/h2-15,18-20H,16-17H2,1H3. The van der Waals surface area contributed by atoms with Crippen molar-refractivity contribution >= 4 is 32.4 Å². The smallest absolute Gasteiger partial charge is 0.270 e. The number of hydrogen-bond acceptors (Lipinski definition) is 3. The fourth-order valence-corrected chi connectivity index (χ4v) is 5.09. The molecule has 2 aliphatic carbocycles. The second-order valence-corrected chi connectivity index (χ2v) is 9.93. The fraction of sp³-hybridized carbons (Fsp3) is 0.103. The lowest BCUT2D eigenvalue weighted by molar-refractivity contribution is 0.397. The summed E-state index contributed by atoms with van der Waals surface area (Å²) in [6.45, 7) is 0. The van der Waals surface area contributed by atoms with Crippen molar-refractivity contribution in [3.8, 4) is 0 Å². The van der Waals surface area contributed by atoms with E-state index in [1.165, 1.54) is 29.4 Å². The van der Waals surface area contributed by atoms with Crippen LogP contribution in [0.5, 0.6) is 0 Å². The number of hydrogen-bond donors (Lipinski definition) is 0. The second kappa shape index (κ2) is 8.81. The Labute approximate surface area is 195 Å². The summed E-state index contributed by atoms with van der Waals surface area (Å²) in [4.78, 5) is 0.181. The summed E-state index contributed by atoms with van der Waals surface area (Å²) in [5, 5.41) is 0. The van der Waals surface area contributed by atoms with Crippen molar-refractivity contribution in [2.75, 3.05) is 7.11 Å². The molecule has 0 amide bonds. The molecule has 5 rings (SSSR count). The van der Waals surface area contributed by atoms with E-state index in [-0.39, 0.29) is 4.90 Å². The maximum Gasteiger partial charge on any atom is 0.296 e. The highest BCUT2D eigenvalue weighted by Gasteiger charge is 2.21. The van der Waals surface area contributed by atoms with Crippen LogP contribution in [0.3, 0.4) is 0 Å². The SMILES string of the molecule is COS(=O)(=O)c1cc(C2=CC=C(c3ccccc3)C2)cc(C2=CC=C(c3ccccc3)C2)c1. The van der Waals surface area contributed by atoms with Crippen LogP contribution < -0.4 is 0 Å². The predicted octanol–water partition coefficient (Wildman–Crippen LogP) is 6.76. The maximum absolute atomic E-state index is 12.6. The quantitative estimate of drug-likeness (QED) is 0.388. The molecule has 2 aliphatic rings. The lowest BCUT2D eigenvalue weighted by Gasteiger charge is -2.13. The summed E-state index contributed by atoms with van der Waals surface area (Å²) in [5.74, 6) is 0. The van der Waals surface area contributed by atoms with Gasteiger partial charge in [0.25, 0.3) is 10.1 Å². The molecule has 3 aromatic rings. The van der Waals surface area contributed by atoms with Crippen molar-refractivity contribution in [2.45, 2.75) is 17.7 Å². The Kier molecular flexibility index (Phi) is 5.71. The predicted molar refractivity (Wildman–Crippen MR) is 135 cm³/mol. The Balaban J connectivity index is 1.47. The van der Waals surface area contributed by atoms with Gasteiger partial charge in [-0.25, -0.2) is 0 Å². The van der Waals surface area contributed by atoms with E-state index in [2.05, 4.69) is 54.6 Å². The molecule has 0 spiro atoms. The molecule has 3 nitrogen and oxygen atoms in total. The number of allylic oxidation sites excluding steroid dienone is 8. The molecule has 0 N–H and O–H groups in total. The van der Waals surface area contributed by atoms with E-state index in [1.807, 2.05) is 36.4 Å². The highest BCUT2D eigenvalue weighted by molar-refractivity contribution is 7.86. The third-order valence-corrected chi connectivity index (χ3v) is 7.43. The van der Waals surface area contributed by atoms with E-state index in [9.17, 15) is 8.42 Å². The van der Waals surface area contributed by atoms with Gasteiger partial charge in [-0.05, 0) is 75.6 Å². The Hall–Kier alpha value is -3.47. The van der Waals surface area contributed by atoms with Crippen molar-refractivity contribution in [3.05, 3.63) is 125 Å². The first-order valence-corrected chi connectivity index (χ1v) is 12.3. The van der Waals surface area contributed by atoms with Crippen molar-refractivity contribution in [2.24, 2.45) is 0 Å². The molecule has 164 valence electrons. The fourth-order valence-electron chi connectivity index (χ4n) is 4.36. The largest absolute Gasteiger partial charge is 0.296 e. The molecule has 0 unspecified atom stereocenters. The Bertz CT molecular complexity index is 1330. The second-order valence-electron chi connectivity index (χ2n) is 8.22. The molecule has 0 aliphatic heterocycles. The van der Waals surface area contributed by atoms with Gasteiger partial charge >= 0.3 is 0 Å². The van der Waals surface area contributed by atoms with Crippen LogP contribution in [0.2, 0.25) is 0 Å². The molecule has 0 fully saturated rings. The first kappa shape index (κ1) is 21.4. The number of rotatable bonds is 6. The van der Waals surface area contributed by atoms with E-state index in [4.69, 9.17) is 4.18 Å².